The van der Waals surface area contributed by atoms with E-state index in [1.165, 1.54) is 24.5 Å². The Balaban J connectivity index is 1.94. The van der Waals surface area contributed by atoms with Crippen LogP contribution < -0.4 is 4.74 Å². The minimum absolute atomic E-state index is 0.172. The zero-order valence-electron chi connectivity index (χ0n) is 15.5. The Hall–Kier alpha value is -3.20. The second-order valence-electron chi connectivity index (χ2n) is 6.23. The van der Waals surface area contributed by atoms with E-state index in [1.807, 2.05) is 6.92 Å². The van der Waals surface area contributed by atoms with Crippen LogP contribution in [0.4, 0.5) is 8.78 Å². The number of halogens is 3. The molecule has 0 saturated heterocycles. The van der Waals surface area contributed by atoms with Gasteiger partial charge in [0.1, 0.15) is 17.2 Å². The highest BCUT2D eigenvalue weighted by molar-refractivity contribution is 6.29. The smallest absolute Gasteiger partial charge is 0.318 e. The van der Waals surface area contributed by atoms with Gasteiger partial charge in [-0.15, -0.1) is 0 Å². The van der Waals surface area contributed by atoms with Crippen LogP contribution in [0.2, 0.25) is 5.15 Å². The van der Waals surface area contributed by atoms with Gasteiger partial charge in [-0.2, -0.15) is 9.97 Å². The lowest BCUT2D eigenvalue weighted by Gasteiger charge is -2.10. The summed E-state index contributed by atoms with van der Waals surface area (Å²) in [4.78, 5) is 21.1. The van der Waals surface area contributed by atoms with Crippen molar-refractivity contribution < 1.29 is 13.5 Å². The molecule has 0 saturated carbocycles. The van der Waals surface area contributed by atoms with Crippen molar-refractivity contribution in [3.05, 3.63) is 58.8 Å². The van der Waals surface area contributed by atoms with Gasteiger partial charge >= 0.3 is 6.01 Å². The first-order valence-corrected chi connectivity index (χ1v) is 9.12. The van der Waals surface area contributed by atoms with E-state index in [4.69, 9.17) is 16.3 Å². The number of hydrogen-bond donors (Lipinski definition) is 0. The first kappa shape index (κ1) is 19.1. The molecule has 10 heteroatoms. The molecule has 4 aromatic rings. The van der Waals surface area contributed by atoms with Gasteiger partial charge in [0.05, 0.1) is 25.0 Å². The van der Waals surface area contributed by atoms with Crippen LogP contribution in [0.3, 0.4) is 0 Å². The van der Waals surface area contributed by atoms with Crippen LogP contribution in [-0.4, -0.2) is 36.1 Å². The molecule has 0 aliphatic rings. The number of rotatable bonds is 5. The van der Waals surface area contributed by atoms with E-state index < -0.39 is 11.6 Å². The van der Waals surface area contributed by atoms with Crippen molar-refractivity contribution in [1.82, 2.24) is 29.5 Å². The highest BCUT2D eigenvalue weighted by Crippen LogP contribution is 2.27. The molecule has 7 nitrogen and oxygen atoms in total. The number of imidazole rings is 1. The van der Waals surface area contributed by atoms with Crippen molar-refractivity contribution in [2.45, 2.75) is 20.4 Å². The van der Waals surface area contributed by atoms with Gasteiger partial charge in [0, 0.05) is 18.0 Å². The second-order valence-corrected chi connectivity index (χ2v) is 6.58. The summed E-state index contributed by atoms with van der Waals surface area (Å²) in [7, 11) is 0. The van der Waals surface area contributed by atoms with Gasteiger partial charge in [0.2, 0.25) is 0 Å². The highest BCUT2D eigenvalue weighted by atomic mass is 35.5. The Labute approximate surface area is 169 Å². The molecule has 0 spiro atoms. The molecule has 148 valence electrons. The van der Waals surface area contributed by atoms with E-state index in [2.05, 4.69) is 24.9 Å². The molecule has 4 heterocycles. The average molecular weight is 417 g/mol. The molecule has 0 aliphatic heterocycles. The zero-order chi connectivity index (χ0) is 20.5. The summed E-state index contributed by atoms with van der Waals surface area (Å²) < 4.78 is 34.8. The van der Waals surface area contributed by atoms with Gasteiger partial charge in [-0.3, -0.25) is 4.98 Å². The Bertz CT molecular complexity index is 1210. The van der Waals surface area contributed by atoms with E-state index in [9.17, 15) is 8.78 Å². The Morgan fingerprint density at radius 1 is 1.10 bits per heavy atom. The Morgan fingerprint density at radius 2 is 1.93 bits per heavy atom. The van der Waals surface area contributed by atoms with Gasteiger partial charge in [0.15, 0.2) is 16.6 Å². The fourth-order valence-electron chi connectivity index (χ4n) is 2.94. The van der Waals surface area contributed by atoms with E-state index in [0.717, 1.165) is 6.20 Å². The first-order valence-electron chi connectivity index (χ1n) is 8.74. The summed E-state index contributed by atoms with van der Waals surface area (Å²) >= 11 is 5.69. The fraction of sp³-hybridized carbons (Fsp3) is 0.211. The van der Waals surface area contributed by atoms with Crippen molar-refractivity contribution in [3.63, 3.8) is 0 Å². The van der Waals surface area contributed by atoms with Crippen LogP contribution in [0, 0.1) is 18.6 Å². The molecule has 0 N–H and O–H groups in total. The van der Waals surface area contributed by atoms with E-state index in [-0.39, 0.29) is 17.7 Å². The van der Waals surface area contributed by atoms with E-state index in [0.29, 0.717) is 40.4 Å². The summed E-state index contributed by atoms with van der Waals surface area (Å²) in [6.45, 7) is 4.17. The minimum Gasteiger partial charge on any atom is -0.464 e. The summed E-state index contributed by atoms with van der Waals surface area (Å²) in [6.07, 6.45) is 4.06. The van der Waals surface area contributed by atoms with Gasteiger partial charge in [0.25, 0.3) is 0 Å². The number of hydrogen-bond acceptors (Lipinski definition) is 6. The average Bonchev–Trinajstić information content (AvgIpc) is 3.04. The summed E-state index contributed by atoms with van der Waals surface area (Å²) in [5.41, 5.74) is 2.57. The molecule has 0 bridgehead atoms. The summed E-state index contributed by atoms with van der Waals surface area (Å²) in [5, 5.41) is -0.212. The predicted octanol–water partition coefficient (Wildman–Crippen LogP) is 3.97. The molecule has 0 radical (unpaired) electrons. The van der Waals surface area contributed by atoms with Gasteiger partial charge in [-0.05, 0) is 31.5 Å². The lowest BCUT2D eigenvalue weighted by atomic mass is 10.2. The third-order valence-corrected chi connectivity index (χ3v) is 4.46. The maximum Gasteiger partial charge on any atom is 0.318 e. The van der Waals surface area contributed by atoms with Crippen molar-refractivity contribution in [2.24, 2.45) is 0 Å². The van der Waals surface area contributed by atoms with Crippen molar-refractivity contribution in [1.29, 1.82) is 0 Å². The molecule has 0 aliphatic carbocycles. The fourth-order valence-corrected chi connectivity index (χ4v) is 3.04. The number of nitrogens with zero attached hydrogens (tertiary/aromatic N) is 6. The van der Waals surface area contributed by atoms with Crippen molar-refractivity contribution in [2.75, 3.05) is 6.61 Å². The number of ether oxygens (including phenoxy) is 1. The predicted molar refractivity (Wildman–Crippen MR) is 103 cm³/mol. The van der Waals surface area contributed by atoms with Gasteiger partial charge in [-0.25, -0.2) is 18.7 Å². The Morgan fingerprint density at radius 3 is 2.66 bits per heavy atom. The number of aryl methyl sites for hydroxylation is 1. The van der Waals surface area contributed by atoms with Crippen molar-refractivity contribution in [3.8, 4) is 17.4 Å². The van der Waals surface area contributed by atoms with Crippen LogP contribution in [0.25, 0.3) is 22.6 Å². The van der Waals surface area contributed by atoms with Gasteiger partial charge in [-0.1, -0.05) is 11.6 Å². The molecule has 0 aromatic carbocycles. The maximum atomic E-state index is 13.9. The normalized spacial score (nSPS) is 11.2. The second kappa shape index (κ2) is 7.67. The van der Waals surface area contributed by atoms with Crippen LogP contribution in [0.5, 0.6) is 6.01 Å². The lowest BCUT2D eigenvalue weighted by molar-refractivity contribution is 0.313. The van der Waals surface area contributed by atoms with E-state index >= 15 is 0 Å². The molecule has 4 rings (SSSR count). The Kier molecular flexibility index (Phi) is 5.06. The molecule has 0 unspecified atom stereocenters. The largest absolute Gasteiger partial charge is 0.464 e. The SMILES string of the molecule is CCOc1nc(C)c2nc(-c3cncc(F)c3)n(Cc3cnc(Cl)c(F)c3)c2n1. The third-order valence-electron chi connectivity index (χ3n) is 4.18. The zero-order valence-corrected chi connectivity index (χ0v) is 16.3. The maximum absolute atomic E-state index is 13.9. The van der Waals surface area contributed by atoms with Crippen LogP contribution >= 0.6 is 11.6 Å². The minimum atomic E-state index is -0.636. The third kappa shape index (κ3) is 3.73. The summed E-state index contributed by atoms with van der Waals surface area (Å²) in [5.74, 6) is -0.727. The van der Waals surface area contributed by atoms with Crippen molar-refractivity contribution >= 4 is 22.8 Å². The first-order chi connectivity index (χ1) is 14.0. The number of pyridine rings is 2. The van der Waals surface area contributed by atoms with E-state index in [1.54, 1.807) is 11.5 Å². The molecular weight excluding hydrogens is 402 g/mol. The monoisotopic (exact) mass is 416 g/mol. The molecule has 0 fully saturated rings. The summed E-state index contributed by atoms with van der Waals surface area (Å²) in [6, 6.07) is 2.80. The van der Waals surface area contributed by atoms with Crippen LogP contribution in [0.15, 0.2) is 30.7 Å². The van der Waals surface area contributed by atoms with Crippen LogP contribution in [-0.2, 0) is 6.54 Å². The molecular formula is C19H15ClF2N6O. The highest BCUT2D eigenvalue weighted by Gasteiger charge is 2.19. The number of aromatic nitrogens is 6. The molecule has 4 aromatic heterocycles. The molecule has 0 amide bonds. The van der Waals surface area contributed by atoms with Gasteiger partial charge < -0.3 is 9.30 Å². The topological polar surface area (TPSA) is 78.6 Å². The quantitative estimate of drug-likeness (QED) is 0.458. The standard InChI is InChI=1S/C19H15ClF2N6O/c1-3-29-19-25-10(2)15-18(27-19)28(9-11-4-14(22)16(20)24-6-11)17(26-15)12-5-13(21)8-23-7-12/h4-8H,3,9H2,1-2H3. The number of fused-ring (bicyclic) bond motifs is 1. The molecule has 29 heavy (non-hydrogen) atoms. The lowest BCUT2D eigenvalue weighted by Crippen LogP contribution is -2.06. The van der Waals surface area contributed by atoms with Crippen LogP contribution in [0.1, 0.15) is 18.2 Å². The molecule has 0 atom stereocenters.